The summed E-state index contributed by atoms with van der Waals surface area (Å²) in [6.07, 6.45) is -2.14. The summed E-state index contributed by atoms with van der Waals surface area (Å²) in [7, 11) is 0. The summed E-state index contributed by atoms with van der Waals surface area (Å²) >= 11 is 0. The highest BCUT2D eigenvalue weighted by molar-refractivity contribution is 5.91. The largest absolute Gasteiger partial charge is 0.459 e. The molecule has 43 heavy (non-hydrogen) atoms. The standard InChI is InChI=1S/C32H31N3O8/c1-2-3-13-20-39-32-26(34-35-33)28(43-31(38)24-18-11-6-12-19-24)27(42-30(37)23-16-9-5-10-17-23)25(41-32)21-40-29(36)22-14-7-4-8-15-22/h2,4-12,14-19,25-28,32H,1,3,13,20-21H2/t25-,26-,27-,28-,32-/m1/s1. The zero-order valence-electron chi connectivity index (χ0n) is 23.3. The number of ether oxygens (including phenoxy) is 5. The van der Waals surface area contributed by atoms with Gasteiger partial charge in [0.25, 0.3) is 0 Å². The molecule has 4 rings (SSSR count). The van der Waals surface area contributed by atoms with E-state index < -0.39 is 55.2 Å². The maximum atomic E-state index is 13.3. The predicted octanol–water partition coefficient (Wildman–Crippen LogP) is 5.68. The van der Waals surface area contributed by atoms with Crippen LogP contribution in [0, 0.1) is 0 Å². The van der Waals surface area contributed by atoms with E-state index in [1.54, 1.807) is 97.1 Å². The van der Waals surface area contributed by atoms with Gasteiger partial charge in [0.1, 0.15) is 18.8 Å². The molecule has 222 valence electrons. The molecule has 0 radical (unpaired) electrons. The number of azide groups is 1. The van der Waals surface area contributed by atoms with Crippen LogP contribution >= 0.6 is 0 Å². The van der Waals surface area contributed by atoms with E-state index in [-0.39, 0.29) is 17.7 Å². The highest BCUT2D eigenvalue weighted by atomic mass is 16.7. The fourth-order valence-electron chi connectivity index (χ4n) is 4.40. The van der Waals surface area contributed by atoms with Gasteiger partial charge in [0.15, 0.2) is 18.5 Å². The van der Waals surface area contributed by atoms with Crippen molar-refractivity contribution in [3.63, 3.8) is 0 Å². The summed E-state index contributed by atoms with van der Waals surface area (Å²) in [5.74, 6) is -2.15. The Morgan fingerprint density at radius 1 is 0.814 bits per heavy atom. The van der Waals surface area contributed by atoms with Crippen molar-refractivity contribution in [2.45, 2.75) is 43.5 Å². The van der Waals surface area contributed by atoms with Crippen LogP contribution in [0.5, 0.6) is 0 Å². The quantitative estimate of drug-likeness (QED) is 0.0473. The Hall–Kier alpha value is -4.96. The Morgan fingerprint density at radius 3 is 1.84 bits per heavy atom. The average molecular weight is 586 g/mol. The van der Waals surface area contributed by atoms with Crippen LogP contribution in [0.3, 0.4) is 0 Å². The number of nitrogens with zero attached hydrogens (tertiary/aromatic N) is 3. The van der Waals surface area contributed by atoms with Gasteiger partial charge in [-0.3, -0.25) is 0 Å². The SMILES string of the molecule is C=CCCCO[C@@H]1O[C@H](COC(=O)c2ccccc2)[C@@H](OC(=O)c2ccccc2)[C@H](OC(=O)c2ccccc2)[C@H]1N=[N+]=[N-]. The molecule has 0 bridgehead atoms. The van der Waals surface area contributed by atoms with Gasteiger partial charge in [0.05, 0.1) is 23.3 Å². The van der Waals surface area contributed by atoms with Crippen LogP contribution in [0.25, 0.3) is 10.4 Å². The van der Waals surface area contributed by atoms with Crippen LogP contribution < -0.4 is 0 Å². The monoisotopic (exact) mass is 585 g/mol. The number of esters is 3. The van der Waals surface area contributed by atoms with E-state index in [0.29, 0.717) is 18.4 Å². The first-order chi connectivity index (χ1) is 21.0. The summed E-state index contributed by atoms with van der Waals surface area (Å²) in [5, 5.41) is 3.83. The number of rotatable bonds is 13. The van der Waals surface area contributed by atoms with E-state index in [0.717, 1.165) is 0 Å². The molecule has 0 aromatic heterocycles. The Balaban J connectivity index is 1.68. The van der Waals surface area contributed by atoms with Crippen LogP contribution in [0.2, 0.25) is 0 Å². The first-order valence-corrected chi connectivity index (χ1v) is 13.7. The van der Waals surface area contributed by atoms with Gasteiger partial charge in [-0.05, 0) is 54.8 Å². The minimum absolute atomic E-state index is 0.193. The van der Waals surface area contributed by atoms with Gasteiger partial charge < -0.3 is 23.7 Å². The molecule has 3 aromatic rings. The Kier molecular flexibility index (Phi) is 11.4. The first-order valence-electron chi connectivity index (χ1n) is 13.7. The van der Waals surface area contributed by atoms with E-state index in [2.05, 4.69) is 16.6 Å². The number of unbranched alkanes of at least 4 members (excludes halogenated alkanes) is 1. The molecular formula is C32H31N3O8. The Bertz CT molecular complexity index is 1410. The lowest BCUT2D eigenvalue weighted by atomic mass is 9.96. The first kappa shape index (κ1) is 31.0. The van der Waals surface area contributed by atoms with E-state index in [1.807, 2.05) is 0 Å². The molecule has 1 heterocycles. The molecule has 3 aromatic carbocycles. The number of allylic oxidation sites excluding steroid dienone is 1. The number of carbonyl (C=O) groups is 3. The lowest BCUT2D eigenvalue weighted by molar-refractivity contribution is -0.264. The summed E-state index contributed by atoms with van der Waals surface area (Å²) in [4.78, 5) is 42.2. The fourth-order valence-corrected chi connectivity index (χ4v) is 4.40. The molecular weight excluding hydrogens is 554 g/mol. The topological polar surface area (TPSA) is 146 Å². The van der Waals surface area contributed by atoms with Crippen molar-refractivity contribution in [3.05, 3.63) is 131 Å². The molecule has 0 amide bonds. The van der Waals surface area contributed by atoms with Crippen molar-refractivity contribution in [1.82, 2.24) is 0 Å². The lowest BCUT2D eigenvalue weighted by Crippen LogP contribution is -2.61. The van der Waals surface area contributed by atoms with Crippen molar-refractivity contribution in [2.75, 3.05) is 13.2 Å². The molecule has 5 atom stereocenters. The number of hydrogen-bond donors (Lipinski definition) is 0. The number of carbonyl (C=O) groups excluding carboxylic acids is 3. The third kappa shape index (κ3) is 8.52. The van der Waals surface area contributed by atoms with E-state index >= 15 is 0 Å². The molecule has 1 aliphatic rings. The molecule has 11 nitrogen and oxygen atoms in total. The van der Waals surface area contributed by atoms with Gasteiger partial charge in [-0.1, -0.05) is 65.8 Å². The molecule has 1 aliphatic heterocycles. The molecule has 1 saturated heterocycles. The third-order valence-electron chi connectivity index (χ3n) is 6.53. The van der Waals surface area contributed by atoms with E-state index in [4.69, 9.17) is 23.7 Å². The molecule has 0 spiro atoms. The molecule has 0 N–H and O–H groups in total. The third-order valence-corrected chi connectivity index (χ3v) is 6.53. The smallest absolute Gasteiger partial charge is 0.338 e. The summed E-state index contributed by atoms with van der Waals surface area (Å²) in [6, 6.07) is 23.4. The molecule has 0 aliphatic carbocycles. The van der Waals surface area contributed by atoms with Crippen LogP contribution in [0.1, 0.15) is 43.9 Å². The van der Waals surface area contributed by atoms with Crippen molar-refractivity contribution in [1.29, 1.82) is 0 Å². The second-order valence-electron chi connectivity index (χ2n) is 9.48. The second kappa shape index (κ2) is 15.9. The second-order valence-corrected chi connectivity index (χ2v) is 9.48. The Morgan fingerprint density at radius 2 is 1.33 bits per heavy atom. The van der Waals surface area contributed by atoms with Crippen LogP contribution in [-0.2, 0) is 23.7 Å². The minimum Gasteiger partial charge on any atom is -0.459 e. The van der Waals surface area contributed by atoms with Gasteiger partial charge in [-0.2, -0.15) is 0 Å². The van der Waals surface area contributed by atoms with Crippen molar-refractivity contribution in [3.8, 4) is 0 Å². The van der Waals surface area contributed by atoms with Gasteiger partial charge in [-0.25, -0.2) is 14.4 Å². The Labute approximate surface area is 248 Å². The number of benzene rings is 3. The van der Waals surface area contributed by atoms with E-state index in [9.17, 15) is 19.9 Å². The fraction of sp³-hybridized carbons (Fsp3) is 0.281. The molecule has 0 unspecified atom stereocenters. The average Bonchev–Trinajstić information content (AvgIpc) is 3.05. The normalized spacial score (nSPS) is 21.1. The van der Waals surface area contributed by atoms with Gasteiger partial charge in [-0.15, -0.1) is 6.58 Å². The van der Waals surface area contributed by atoms with Gasteiger partial charge in [0.2, 0.25) is 0 Å². The maximum Gasteiger partial charge on any atom is 0.338 e. The lowest BCUT2D eigenvalue weighted by Gasteiger charge is -2.43. The summed E-state index contributed by atoms with van der Waals surface area (Å²) in [5.41, 5.74) is 10.2. The van der Waals surface area contributed by atoms with Crippen molar-refractivity contribution >= 4 is 17.9 Å². The zero-order valence-corrected chi connectivity index (χ0v) is 23.3. The number of hydrogen-bond acceptors (Lipinski definition) is 9. The minimum atomic E-state index is -1.37. The van der Waals surface area contributed by atoms with Crippen molar-refractivity contribution < 1.29 is 38.1 Å². The molecule has 1 fully saturated rings. The highest BCUT2D eigenvalue weighted by Gasteiger charge is 2.51. The maximum absolute atomic E-state index is 13.3. The van der Waals surface area contributed by atoms with Crippen LogP contribution in [-0.4, -0.2) is 61.8 Å². The van der Waals surface area contributed by atoms with Gasteiger partial charge in [0, 0.05) is 4.91 Å². The predicted molar refractivity (Wildman–Crippen MR) is 155 cm³/mol. The zero-order chi connectivity index (χ0) is 30.4. The highest BCUT2D eigenvalue weighted by Crippen LogP contribution is 2.31. The molecule has 11 heteroatoms. The van der Waals surface area contributed by atoms with Gasteiger partial charge >= 0.3 is 17.9 Å². The van der Waals surface area contributed by atoms with Crippen LogP contribution in [0.4, 0.5) is 0 Å². The van der Waals surface area contributed by atoms with Crippen molar-refractivity contribution in [2.24, 2.45) is 5.11 Å². The van der Waals surface area contributed by atoms with E-state index in [1.165, 1.54) is 0 Å². The molecule has 0 saturated carbocycles. The van der Waals surface area contributed by atoms with Crippen LogP contribution in [0.15, 0.2) is 109 Å². The summed E-state index contributed by atoms with van der Waals surface area (Å²) in [6.45, 7) is 3.49. The summed E-state index contributed by atoms with van der Waals surface area (Å²) < 4.78 is 29.3.